The number of aromatic amines is 1. The normalized spacial score (nSPS) is 9.79. The fourth-order valence-electron chi connectivity index (χ4n) is 1.69. The van der Waals surface area contributed by atoms with Crippen molar-refractivity contribution >= 4 is 22.7 Å². The number of Topliss-reactive ketones (excluding diaryl/α,β-unsaturated/α-hetero) is 1. The van der Waals surface area contributed by atoms with Gasteiger partial charge in [-0.3, -0.25) is 4.79 Å². The number of ketones is 1. The number of ether oxygens (including phenoxy) is 2. The van der Waals surface area contributed by atoms with Crippen LogP contribution in [0.5, 0.6) is 11.6 Å². The first-order valence-corrected chi connectivity index (χ1v) is 4.93. The van der Waals surface area contributed by atoms with E-state index in [2.05, 4.69) is 9.97 Å². The maximum atomic E-state index is 11.5. The molecule has 0 atom stereocenters. The molecule has 0 saturated heterocycles. The number of carbonyl (C=O) groups is 2. The third-order valence-corrected chi connectivity index (χ3v) is 2.48. The molecule has 2 aromatic heterocycles. The Morgan fingerprint density at radius 1 is 1.32 bits per heavy atom. The number of pyridine rings is 1. The fourth-order valence-corrected chi connectivity index (χ4v) is 1.69. The Morgan fingerprint density at radius 3 is 2.53 bits per heavy atom. The van der Waals surface area contributed by atoms with Gasteiger partial charge in [-0.05, 0) is 0 Å². The minimum atomic E-state index is -1.78. The van der Waals surface area contributed by atoms with Gasteiger partial charge in [-0.25, -0.2) is 4.98 Å². The van der Waals surface area contributed by atoms with Gasteiger partial charge < -0.3 is 24.4 Å². The smallest absolute Gasteiger partial charge is 0.541 e. The van der Waals surface area contributed by atoms with Gasteiger partial charge in [-0.2, -0.15) is 0 Å². The number of H-pyrrole nitrogens is 1. The van der Waals surface area contributed by atoms with E-state index < -0.39 is 11.8 Å². The molecule has 2 heterocycles. The minimum Gasteiger partial charge on any atom is -0.541 e. The molecule has 19 heavy (non-hydrogen) atoms. The second-order valence-corrected chi connectivity index (χ2v) is 3.40. The summed E-state index contributed by atoms with van der Waals surface area (Å²) in [7, 11) is 2.80. The molecule has 1 N–H and O–H groups in total. The number of aromatic nitrogens is 2. The number of nitrogens with one attached hydrogen (secondary N) is 1. The molecule has 0 bridgehead atoms. The van der Waals surface area contributed by atoms with Crippen molar-refractivity contribution in [3.8, 4) is 11.6 Å². The summed E-state index contributed by atoms with van der Waals surface area (Å²) in [6.07, 6.45) is 2.61. The van der Waals surface area contributed by atoms with Crippen LogP contribution in [-0.2, 0) is 4.79 Å². The molecular weight excluding hydrogens is 279 g/mol. The molecule has 2 aromatic rings. The summed E-state index contributed by atoms with van der Waals surface area (Å²) in [6.45, 7) is 0. The molecule has 2 rings (SSSR count). The number of carboxylic acids is 1. The third kappa shape index (κ3) is 2.82. The quantitative estimate of drug-likeness (QED) is 0.356. The van der Waals surface area contributed by atoms with Crippen LogP contribution < -0.4 is 66.0 Å². The van der Waals surface area contributed by atoms with Crippen LogP contribution in [0.25, 0.3) is 10.9 Å². The molecule has 0 radical (unpaired) electrons. The summed E-state index contributed by atoms with van der Waals surface area (Å²) >= 11 is 0. The van der Waals surface area contributed by atoms with E-state index in [0.29, 0.717) is 10.9 Å². The Labute approximate surface area is 150 Å². The maximum Gasteiger partial charge on any atom is 1.00 e. The van der Waals surface area contributed by atoms with Gasteiger partial charge >= 0.3 is 51.4 Å². The van der Waals surface area contributed by atoms with Crippen LogP contribution in [0.4, 0.5) is 0 Å². The van der Waals surface area contributed by atoms with Gasteiger partial charge in [0, 0.05) is 6.20 Å². The average Bonchev–Trinajstić information content (AvgIpc) is 2.81. The van der Waals surface area contributed by atoms with Crippen LogP contribution in [-0.4, -0.2) is 35.9 Å². The van der Waals surface area contributed by atoms with Crippen molar-refractivity contribution in [1.29, 1.82) is 0 Å². The molecular formula is C11H9KN2O5. The van der Waals surface area contributed by atoms with Crippen molar-refractivity contribution in [2.75, 3.05) is 14.2 Å². The van der Waals surface area contributed by atoms with Gasteiger partial charge in [0.05, 0.1) is 31.4 Å². The number of carbonyl (C=O) groups excluding carboxylic acids is 2. The average molecular weight is 288 g/mol. The SMILES string of the molecule is COc1ncc(OC)c2c(C(=O)C(=O)[O-])c[nH]c12.[K+]. The number of hydrogen-bond acceptors (Lipinski definition) is 6. The molecule has 0 unspecified atom stereocenters. The van der Waals surface area contributed by atoms with E-state index in [1.807, 2.05) is 0 Å². The second-order valence-electron chi connectivity index (χ2n) is 3.40. The molecule has 0 spiro atoms. The van der Waals surface area contributed by atoms with Crippen molar-refractivity contribution in [2.24, 2.45) is 0 Å². The zero-order valence-electron chi connectivity index (χ0n) is 10.6. The molecule has 0 aromatic carbocycles. The van der Waals surface area contributed by atoms with Gasteiger partial charge in [-0.15, -0.1) is 0 Å². The van der Waals surface area contributed by atoms with Crippen molar-refractivity contribution in [3.63, 3.8) is 0 Å². The maximum absolute atomic E-state index is 11.5. The Bertz CT molecular complexity index is 637. The van der Waals surface area contributed by atoms with E-state index in [4.69, 9.17) is 9.47 Å². The first-order valence-electron chi connectivity index (χ1n) is 4.93. The summed E-state index contributed by atoms with van der Waals surface area (Å²) in [5, 5.41) is 10.9. The Balaban J connectivity index is 0.00000180. The van der Waals surface area contributed by atoms with Crippen molar-refractivity contribution in [3.05, 3.63) is 18.0 Å². The van der Waals surface area contributed by atoms with Gasteiger partial charge in [0.1, 0.15) is 17.2 Å². The first-order chi connectivity index (χ1) is 8.60. The van der Waals surface area contributed by atoms with E-state index >= 15 is 0 Å². The zero-order chi connectivity index (χ0) is 13.3. The Morgan fingerprint density at radius 2 is 2.00 bits per heavy atom. The number of rotatable bonds is 4. The predicted molar refractivity (Wildman–Crippen MR) is 58.5 cm³/mol. The summed E-state index contributed by atoms with van der Waals surface area (Å²) in [5.74, 6) is -2.40. The van der Waals surface area contributed by atoms with Crippen molar-refractivity contribution in [1.82, 2.24) is 9.97 Å². The van der Waals surface area contributed by atoms with E-state index in [1.54, 1.807) is 0 Å². The Hall–Kier alpha value is -0.934. The third-order valence-electron chi connectivity index (χ3n) is 2.48. The number of carboxylic acid groups (broad SMARTS) is 1. The van der Waals surface area contributed by atoms with E-state index in [1.165, 1.54) is 26.6 Å². The second kappa shape index (κ2) is 6.48. The van der Waals surface area contributed by atoms with Gasteiger partial charge in [0.15, 0.2) is 0 Å². The fraction of sp³-hybridized carbons (Fsp3) is 0.182. The summed E-state index contributed by atoms with van der Waals surface area (Å²) < 4.78 is 10.1. The molecule has 7 nitrogen and oxygen atoms in total. The summed E-state index contributed by atoms with van der Waals surface area (Å²) in [4.78, 5) is 28.8. The number of aliphatic carboxylic acids is 1. The number of nitrogens with zero attached hydrogens (tertiary/aromatic N) is 1. The van der Waals surface area contributed by atoms with E-state index in [-0.39, 0.29) is 68.6 Å². The number of hydrogen-bond donors (Lipinski definition) is 1. The molecule has 0 aliphatic carbocycles. The van der Waals surface area contributed by atoms with Crippen LogP contribution in [0.3, 0.4) is 0 Å². The predicted octanol–water partition coefficient (Wildman–Crippen LogP) is -3.48. The van der Waals surface area contributed by atoms with Gasteiger partial charge in [-0.1, -0.05) is 0 Å². The van der Waals surface area contributed by atoms with E-state index in [0.717, 1.165) is 0 Å². The summed E-state index contributed by atoms with van der Waals surface area (Å²) in [5.41, 5.74) is 0.337. The van der Waals surface area contributed by atoms with Gasteiger partial charge in [0.25, 0.3) is 0 Å². The van der Waals surface area contributed by atoms with Crippen molar-refractivity contribution in [2.45, 2.75) is 0 Å². The van der Waals surface area contributed by atoms with Crippen LogP contribution in [0.2, 0.25) is 0 Å². The van der Waals surface area contributed by atoms with E-state index in [9.17, 15) is 14.7 Å². The largest absolute Gasteiger partial charge is 1.00 e. The van der Waals surface area contributed by atoms with Crippen LogP contribution in [0, 0.1) is 0 Å². The van der Waals surface area contributed by atoms with Gasteiger partial charge in [0.2, 0.25) is 11.7 Å². The van der Waals surface area contributed by atoms with Crippen LogP contribution >= 0.6 is 0 Å². The molecule has 94 valence electrons. The number of methoxy groups -OCH3 is 2. The van der Waals surface area contributed by atoms with Crippen LogP contribution in [0.1, 0.15) is 10.4 Å². The molecule has 8 heteroatoms. The zero-order valence-corrected chi connectivity index (χ0v) is 13.8. The molecule has 0 aliphatic rings. The topological polar surface area (TPSA) is 104 Å². The molecule has 0 amide bonds. The van der Waals surface area contributed by atoms with Crippen molar-refractivity contribution < 1.29 is 75.6 Å². The summed E-state index contributed by atoms with van der Waals surface area (Å²) in [6, 6.07) is 0. The molecule has 0 aliphatic heterocycles. The monoisotopic (exact) mass is 288 g/mol. The number of fused-ring (bicyclic) bond motifs is 1. The molecule has 0 saturated carbocycles. The van der Waals surface area contributed by atoms with Crippen LogP contribution in [0.15, 0.2) is 12.4 Å². The minimum absolute atomic E-state index is 0. The Kier molecular flexibility index (Phi) is 5.50. The first kappa shape index (κ1) is 16.1. The standard InChI is InChI=1S/C11H10N2O5.K/c1-17-6-4-13-10(18-2)8-7(6)5(3-12-8)9(14)11(15)16;/h3-4,12H,1-2H3,(H,15,16);/q;+1/p-1. The molecule has 0 fully saturated rings.